The molecule has 0 radical (unpaired) electrons. The van der Waals surface area contributed by atoms with Gasteiger partial charge in [0.15, 0.2) is 5.41 Å². The van der Waals surface area contributed by atoms with Crippen molar-refractivity contribution >= 4 is 11.9 Å². The van der Waals surface area contributed by atoms with Crippen LogP contribution in [0.4, 0.5) is 0 Å². The molecule has 0 spiro atoms. The fraction of sp³-hybridized carbons (Fsp3) is 0.474. The Labute approximate surface area is 258 Å². The maximum Gasteiger partial charge on any atom is 0.321 e. The van der Waals surface area contributed by atoms with E-state index >= 15 is 0 Å². The standard InChI is InChI=1S/C38H50O5/c1-6-28(2)15-12-16-29(3)17-14-24-37(4,5)38(35(39)40,36(41)42)27-32-21-10-11-23-34(32)43-33-22-13-20-31(26-33)25-30-18-8-7-9-19-30/h7-11,13,18-23,26,28-29H,6,12,14-17,24-25,27H2,1-5H3,(H,39,40)(H,41,42). The zero-order valence-electron chi connectivity index (χ0n) is 26.6. The van der Waals surface area contributed by atoms with Gasteiger partial charge in [0.2, 0.25) is 0 Å². The lowest BCUT2D eigenvalue weighted by Gasteiger charge is -2.41. The zero-order valence-corrected chi connectivity index (χ0v) is 26.6. The van der Waals surface area contributed by atoms with Gasteiger partial charge in [0.25, 0.3) is 0 Å². The molecule has 0 aliphatic rings. The van der Waals surface area contributed by atoms with Crippen LogP contribution in [-0.2, 0) is 22.4 Å². The minimum absolute atomic E-state index is 0.172. The van der Waals surface area contributed by atoms with Crippen molar-refractivity contribution in [2.24, 2.45) is 22.7 Å². The summed E-state index contributed by atoms with van der Waals surface area (Å²) in [6.07, 6.45) is 7.59. The molecule has 0 heterocycles. The first-order chi connectivity index (χ1) is 20.5. The van der Waals surface area contributed by atoms with Gasteiger partial charge in [0.05, 0.1) is 0 Å². The quantitative estimate of drug-likeness (QED) is 0.145. The summed E-state index contributed by atoms with van der Waals surface area (Å²) in [7, 11) is 0. The molecule has 5 nitrogen and oxygen atoms in total. The summed E-state index contributed by atoms with van der Waals surface area (Å²) >= 11 is 0. The van der Waals surface area contributed by atoms with Crippen molar-refractivity contribution in [2.45, 2.75) is 92.4 Å². The van der Waals surface area contributed by atoms with Gasteiger partial charge in [-0.05, 0) is 65.0 Å². The van der Waals surface area contributed by atoms with Gasteiger partial charge in [-0.3, -0.25) is 9.59 Å². The minimum Gasteiger partial charge on any atom is -0.480 e. The molecular formula is C38H50O5. The van der Waals surface area contributed by atoms with Crippen molar-refractivity contribution in [3.8, 4) is 11.5 Å². The predicted octanol–water partition coefficient (Wildman–Crippen LogP) is 9.82. The van der Waals surface area contributed by atoms with E-state index in [4.69, 9.17) is 4.74 Å². The first kappa shape index (κ1) is 33.9. The van der Waals surface area contributed by atoms with E-state index in [1.807, 2.05) is 48.5 Å². The van der Waals surface area contributed by atoms with E-state index in [2.05, 4.69) is 32.9 Å². The summed E-state index contributed by atoms with van der Waals surface area (Å²) in [5.41, 5.74) is -0.171. The van der Waals surface area contributed by atoms with Crippen LogP contribution < -0.4 is 4.74 Å². The number of benzene rings is 3. The lowest BCUT2D eigenvalue weighted by atomic mass is 9.60. The summed E-state index contributed by atoms with van der Waals surface area (Å²) in [5.74, 6) is -0.271. The van der Waals surface area contributed by atoms with E-state index in [9.17, 15) is 19.8 Å². The van der Waals surface area contributed by atoms with Crippen molar-refractivity contribution in [3.63, 3.8) is 0 Å². The highest BCUT2D eigenvalue weighted by Crippen LogP contribution is 2.48. The topological polar surface area (TPSA) is 83.8 Å². The highest BCUT2D eigenvalue weighted by molar-refractivity contribution is 5.99. The predicted molar refractivity (Wildman–Crippen MR) is 174 cm³/mol. The van der Waals surface area contributed by atoms with Crippen LogP contribution >= 0.6 is 0 Å². The average molecular weight is 587 g/mol. The second-order valence-corrected chi connectivity index (χ2v) is 13.0. The van der Waals surface area contributed by atoms with Gasteiger partial charge < -0.3 is 14.9 Å². The molecule has 43 heavy (non-hydrogen) atoms. The molecule has 2 unspecified atom stereocenters. The Bertz CT molecular complexity index is 1300. The third-order valence-corrected chi connectivity index (χ3v) is 9.28. The maximum atomic E-state index is 12.9. The van der Waals surface area contributed by atoms with E-state index in [0.717, 1.165) is 37.2 Å². The van der Waals surface area contributed by atoms with Crippen LogP contribution in [0.1, 0.15) is 96.3 Å². The monoisotopic (exact) mass is 586 g/mol. The Morgan fingerprint density at radius 3 is 2.05 bits per heavy atom. The fourth-order valence-corrected chi connectivity index (χ4v) is 6.04. The summed E-state index contributed by atoms with van der Waals surface area (Å²) < 4.78 is 6.29. The van der Waals surface area contributed by atoms with E-state index in [0.29, 0.717) is 29.4 Å². The van der Waals surface area contributed by atoms with Crippen LogP contribution in [0.2, 0.25) is 0 Å². The second-order valence-electron chi connectivity index (χ2n) is 13.0. The first-order valence-corrected chi connectivity index (χ1v) is 15.8. The molecule has 0 aliphatic heterocycles. The Balaban J connectivity index is 1.77. The average Bonchev–Trinajstić information content (AvgIpc) is 2.96. The van der Waals surface area contributed by atoms with Crippen LogP contribution in [-0.4, -0.2) is 22.2 Å². The third kappa shape index (κ3) is 9.19. The zero-order chi connectivity index (χ0) is 31.5. The number of rotatable bonds is 18. The Morgan fingerprint density at radius 1 is 0.767 bits per heavy atom. The van der Waals surface area contributed by atoms with Gasteiger partial charge in [-0.15, -0.1) is 0 Å². The van der Waals surface area contributed by atoms with Crippen molar-refractivity contribution in [2.75, 3.05) is 0 Å². The number of aliphatic carboxylic acids is 2. The SMILES string of the molecule is CCC(C)CCCC(C)CCCC(C)(C)C(Cc1ccccc1Oc1cccc(Cc2ccccc2)c1)(C(=O)O)C(=O)O. The molecule has 2 N–H and O–H groups in total. The lowest BCUT2D eigenvalue weighted by Crippen LogP contribution is -2.52. The van der Waals surface area contributed by atoms with Crippen molar-refractivity contribution in [1.82, 2.24) is 0 Å². The van der Waals surface area contributed by atoms with Gasteiger partial charge in [-0.1, -0.05) is 134 Å². The molecular weight excluding hydrogens is 536 g/mol. The van der Waals surface area contributed by atoms with Gasteiger partial charge in [-0.25, -0.2) is 0 Å². The Hall–Kier alpha value is -3.60. The second kappa shape index (κ2) is 15.7. The lowest BCUT2D eigenvalue weighted by molar-refractivity contribution is -0.175. The molecule has 0 amide bonds. The minimum atomic E-state index is -2.01. The van der Waals surface area contributed by atoms with E-state index < -0.39 is 22.8 Å². The summed E-state index contributed by atoms with van der Waals surface area (Å²) in [4.78, 5) is 25.8. The summed E-state index contributed by atoms with van der Waals surface area (Å²) in [6.45, 7) is 10.3. The largest absolute Gasteiger partial charge is 0.480 e. The maximum absolute atomic E-state index is 12.9. The number of ether oxygens (including phenoxy) is 1. The molecule has 5 heteroatoms. The number of carboxylic acid groups (broad SMARTS) is 2. The first-order valence-electron chi connectivity index (χ1n) is 15.8. The number of carboxylic acids is 2. The van der Waals surface area contributed by atoms with Gasteiger partial charge in [0, 0.05) is 6.42 Å². The normalized spacial score (nSPS) is 13.3. The highest BCUT2D eigenvalue weighted by Gasteiger charge is 2.57. The number of hydrogen-bond acceptors (Lipinski definition) is 3. The fourth-order valence-electron chi connectivity index (χ4n) is 6.04. The molecule has 3 aromatic rings. The van der Waals surface area contributed by atoms with Gasteiger partial charge >= 0.3 is 11.9 Å². The van der Waals surface area contributed by atoms with Gasteiger partial charge in [0.1, 0.15) is 11.5 Å². The molecule has 232 valence electrons. The number of carbonyl (C=O) groups is 2. The van der Waals surface area contributed by atoms with Crippen LogP contribution in [0.25, 0.3) is 0 Å². The molecule has 3 rings (SSSR count). The number of para-hydroxylation sites is 1. The molecule has 0 bridgehead atoms. The van der Waals surface area contributed by atoms with Crippen LogP contribution in [0.3, 0.4) is 0 Å². The molecule has 0 fully saturated rings. The van der Waals surface area contributed by atoms with Crippen LogP contribution in [0, 0.1) is 22.7 Å². The summed E-state index contributed by atoms with van der Waals surface area (Å²) in [6, 6.07) is 25.2. The Kier molecular flexibility index (Phi) is 12.4. The third-order valence-electron chi connectivity index (χ3n) is 9.28. The highest BCUT2D eigenvalue weighted by atomic mass is 16.5. The van der Waals surface area contributed by atoms with Crippen LogP contribution in [0.15, 0.2) is 78.9 Å². The molecule has 3 aromatic carbocycles. The van der Waals surface area contributed by atoms with Crippen molar-refractivity contribution < 1.29 is 24.5 Å². The van der Waals surface area contributed by atoms with Crippen molar-refractivity contribution in [1.29, 1.82) is 0 Å². The summed E-state index contributed by atoms with van der Waals surface area (Å²) in [5, 5.41) is 21.1. The molecule has 0 saturated carbocycles. The molecule has 2 atom stereocenters. The van der Waals surface area contributed by atoms with E-state index in [1.165, 1.54) is 24.8 Å². The van der Waals surface area contributed by atoms with Crippen LogP contribution in [0.5, 0.6) is 11.5 Å². The van der Waals surface area contributed by atoms with Gasteiger partial charge in [-0.2, -0.15) is 0 Å². The van der Waals surface area contributed by atoms with E-state index in [1.54, 1.807) is 32.0 Å². The molecule has 0 aromatic heterocycles. The van der Waals surface area contributed by atoms with Crippen molar-refractivity contribution in [3.05, 3.63) is 95.6 Å². The van der Waals surface area contributed by atoms with E-state index in [-0.39, 0.29) is 6.42 Å². The smallest absolute Gasteiger partial charge is 0.321 e. The molecule has 0 saturated heterocycles. The Morgan fingerprint density at radius 2 is 1.37 bits per heavy atom. The number of hydrogen-bond donors (Lipinski definition) is 2. The molecule has 0 aliphatic carbocycles.